The SMILES string of the molecule is CSCCC(NS(=O)(=O)c1cccs1)C(=O)N1CCN(c2ccccc2F)CC1. The van der Waals surface area contributed by atoms with Crippen LogP contribution in [0.4, 0.5) is 10.1 Å². The summed E-state index contributed by atoms with van der Waals surface area (Å²) in [5, 5.41) is 1.69. The average Bonchev–Trinajstić information content (AvgIpc) is 3.27. The summed E-state index contributed by atoms with van der Waals surface area (Å²) in [6.07, 6.45) is 2.33. The topological polar surface area (TPSA) is 69.7 Å². The van der Waals surface area contributed by atoms with Gasteiger partial charge in [0.2, 0.25) is 5.91 Å². The van der Waals surface area contributed by atoms with Gasteiger partial charge in [-0.25, -0.2) is 12.8 Å². The van der Waals surface area contributed by atoms with Gasteiger partial charge in [-0.05, 0) is 42.0 Å². The molecule has 1 atom stereocenters. The van der Waals surface area contributed by atoms with Crippen LogP contribution in [-0.2, 0) is 14.8 Å². The van der Waals surface area contributed by atoms with Crippen LogP contribution in [0.1, 0.15) is 6.42 Å². The number of hydrogen-bond acceptors (Lipinski definition) is 6. The quantitative estimate of drug-likeness (QED) is 0.660. The summed E-state index contributed by atoms with van der Waals surface area (Å²) in [5.41, 5.74) is 0.525. The molecule has 3 rings (SSSR count). The predicted octanol–water partition coefficient (Wildman–Crippen LogP) is 2.64. The van der Waals surface area contributed by atoms with E-state index in [-0.39, 0.29) is 15.9 Å². The van der Waals surface area contributed by atoms with E-state index >= 15 is 0 Å². The van der Waals surface area contributed by atoms with Crippen molar-refractivity contribution in [2.45, 2.75) is 16.7 Å². The molecule has 1 saturated heterocycles. The molecular weight excluding hydrogens is 433 g/mol. The van der Waals surface area contributed by atoms with E-state index in [1.807, 2.05) is 11.2 Å². The molecule has 10 heteroatoms. The monoisotopic (exact) mass is 457 g/mol. The Morgan fingerprint density at radius 3 is 2.55 bits per heavy atom. The number of nitrogens with one attached hydrogen (secondary N) is 1. The number of thioether (sulfide) groups is 1. The molecule has 158 valence electrons. The highest BCUT2D eigenvalue weighted by molar-refractivity contribution is 7.98. The van der Waals surface area contributed by atoms with Crippen LogP contribution in [0.3, 0.4) is 0 Å². The number of thiophene rings is 1. The minimum atomic E-state index is -3.74. The van der Waals surface area contributed by atoms with Crippen molar-refractivity contribution in [2.24, 2.45) is 0 Å². The minimum absolute atomic E-state index is 0.198. The van der Waals surface area contributed by atoms with Gasteiger partial charge in [0.05, 0.1) is 5.69 Å². The zero-order valence-electron chi connectivity index (χ0n) is 16.1. The number of nitrogens with zero attached hydrogens (tertiary/aromatic N) is 2. The summed E-state index contributed by atoms with van der Waals surface area (Å²) < 4.78 is 42.0. The van der Waals surface area contributed by atoms with Gasteiger partial charge >= 0.3 is 0 Å². The molecule has 1 amide bonds. The van der Waals surface area contributed by atoms with Gasteiger partial charge in [-0.15, -0.1) is 11.3 Å². The largest absolute Gasteiger partial charge is 0.366 e. The first kappa shape index (κ1) is 22.1. The van der Waals surface area contributed by atoms with Crippen molar-refractivity contribution < 1.29 is 17.6 Å². The van der Waals surface area contributed by atoms with Crippen molar-refractivity contribution in [1.82, 2.24) is 9.62 Å². The fraction of sp³-hybridized carbons (Fsp3) is 0.421. The molecule has 1 aliphatic heterocycles. The van der Waals surface area contributed by atoms with Crippen LogP contribution in [0.2, 0.25) is 0 Å². The third kappa shape index (κ3) is 5.50. The second-order valence-corrected chi connectivity index (χ2v) is 10.5. The Balaban J connectivity index is 1.66. The molecule has 1 aliphatic rings. The number of carbonyl (C=O) groups is 1. The highest BCUT2D eigenvalue weighted by atomic mass is 32.2. The number of rotatable bonds is 8. The Morgan fingerprint density at radius 1 is 1.21 bits per heavy atom. The summed E-state index contributed by atoms with van der Waals surface area (Å²) in [6, 6.07) is 8.96. The van der Waals surface area contributed by atoms with Gasteiger partial charge < -0.3 is 9.80 Å². The Bertz CT molecular complexity index is 914. The first-order valence-electron chi connectivity index (χ1n) is 9.25. The van der Waals surface area contributed by atoms with E-state index in [2.05, 4.69) is 4.72 Å². The fourth-order valence-corrected chi connectivity index (χ4v) is 5.93. The molecule has 1 aromatic heterocycles. The highest BCUT2D eigenvalue weighted by Crippen LogP contribution is 2.21. The Kier molecular flexibility index (Phi) is 7.55. The Morgan fingerprint density at radius 2 is 1.93 bits per heavy atom. The van der Waals surface area contributed by atoms with Gasteiger partial charge in [0.15, 0.2) is 0 Å². The van der Waals surface area contributed by atoms with Gasteiger partial charge in [-0.2, -0.15) is 16.5 Å². The number of hydrogen-bond donors (Lipinski definition) is 1. The van der Waals surface area contributed by atoms with Gasteiger partial charge in [-0.3, -0.25) is 4.79 Å². The van der Waals surface area contributed by atoms with Crippen LogP contribution in [0.25, 0.3) is 0 Å². The number of benzene rings is 1. The van der Waals surface area contributed by atoms with E-state index in [9.17, 15) is 17.6 Å². The molecule has 1 N–H and O–H groups in total. The van der Waals surface area contributed by atoms with Crippen molar-refractivity contribution >= 4 is 44.7 Å². The second-order valence-electron chi connectivity index (χ2n) is 6.65. The lowest BCUT2D eigenvalue weighted by Gasteiger charge is -2.37. The van der Waals surface area contributed by atoms with Crippen LogP contribution in [0, 0.1) is 5.82 Å². The van der Waals surface area contributed by atoms with Crippen molar-refractivity contribution in [3.8, 4) is 0 Å². The third-order valence-corrected chi connectivity index (χ3v) is 8.26. The molecule has 2 aromatic rings. The number of carbonyl (C=O) groups excluding carboxylic acids is 1. The van der Waals surface area contributed by atoms with Gasteiger partial charge in [0.1, 0.15) is 16.1 Å². The maximum atomic E-state index is 14.0. The summed E-state index contributed by atoms with van der Waals surface area (Å²) in [6.45, 7) is 1.84. The van der Waals surface area contributed by atoms with Crippen LogP contribution in [-0.4, -0.2) is 63.5 Å². The molecule has 1 aromatic carbocycles. The van der Waals surface area contributed by atoms with E-state index in [0.29, 0.717) is 44.0 Å². The molecule has 6 nitrogen and oxygen atoms in total. The van der Waals surface area contributed by atoms with E-state index < -0.39 is 16.1 Å². The Hall–Kier alpha value is -1.62. The second kappa shape index (κ2) is 9.92. The molecule has 2 heterocycles. The van der Waals surface area contributed by atoms with Crippen molar-refractivity contribution in [3.63, 3.8) is 0 Å². The first-order valence-corrected chi connectivity index (χ1v) is 13.0. The minimum Gasteiger partial charge on any atom is -0.366 e. The van der Waals surface area contributed by atoms with Crippen molar-refractivity contribution in [2.75, 3.05) is 43.1 Å². The molecule has 1 unspecified atom stereocenters. The molecule has 1 fully saturated rings. The van der Waals surface area contributed by atoms with Crippen molar-refractivity contribution in [3.05, 3.63) is 47.6 Å². The average molecular weight is 458 g/mol. The Labute approximate surface area is 179 Å². The highest BCUT2D eigenvalue weighted by Gasteiger charge is 2.31. The summed E-state index contributed by atoms with van der Waals surface area (Å²) >= 11 is 2.68. The molecule has 0 bridgehead atoms. The van der Waals surface area contributed by atoms with E-state index in [0.717, 1.165) is 11.3 Å². The third-order valence-electron chi connectivity index (χ3n) is 4.75. The lowest BCUT2D eigenvalue weighted by molar-refractivity contribution is -0.133. The maximum absolute atomic E-state index is 14.0. The zero-order valence-corrected chi connectivity index (χ0v) is 18.5. The van der Waals surface area contributed by atoms with Crippen LogP contribution < -0.4 is 9.62 Å². The predicted molar refractivity (Wildman–Crippen MR) is 117 cm³/mol. The smallest absolute Gasteiger partial charge is 0.250 e. The number of halogens is 1. The van der Waals surface area contributed by atoms with Crippen LogP contribution in [0.5, 0.6) is 0 Å². The molecule has 29 heavy (non-hydrogen) atoms. The van der Waals surface area contributed by atoms with E-state index in [1.165, 1.54) is 12.1 Å². The molecule has 0 aliphatic carbocycles. The number of piperazine rings is 1. The van der Waals surface area contributed by atoms with Gasteiger partial charge in [0, 0.05) is 26.2 Å². The molecule has 0 spiro atoms. The van der Waals surface area contributed by atoms with E-state index in [4.69, 9.17) is 0 Å². The van der Waals surface area contributed by atoms with E-state index in [1.54, 1.807) is 46.3 Å². The number of para-hydroxylation sites is 1. The molecular formula is C19H24FN3O3S3. The van der Waals surface area contributed by atoms with Crippen LogP contribution in [0.15, 0.2) is 46.0 Å². The van der Waals surface area contributed by atoms with Gasteiger partial charge in [-0.1, -0.05) is 18.2 Å². The fourth-order valence-electron chi connectivity index (χ4n) is 3.23. The van der Waals surface area contributed by atoms with Crippen LogP contribution >= 0.6 is 23.1 Å². The number of sulfonamides is 1. The number of anilines is 1. The lowest BCUT2D eigenvalue weighted by Crippen LogP contribution is -2.55. The van der Waals surface area contributed by atoms with Crippen molar-refractivity contribution in [1.29, 1.82) is 0 Å². The van der Waals surface area contributed by atoms with Gasteiger partial charge in [0.25, 0.3) is 10.0 Å². The number of amides is 1. The molecule has 0 radical (unpaired) electrons. The standard InChI is InChI=1S/C19H24FN3O3S3/c1-27-14-8-16(21-29(25,26)18-7-4-13-28-18)19(24)23-11-9-22(10-12-23)17-6-3-2-5-15(17)20/h2-7,13,16,21H,8-12,14H2,1H3. The zero-order chi connectivity index (χ0) is 20.9. The maximum Gasteiger partial charge on any atom is 0.250 e. The first-order chi connectivity index (χ1) is 13.9. The molecule has 0 saturated carbocycles. The summed E-state index contributed by atoms with van der Waals surface area (Å²) in [7, 11) is -3.74. The lowest BCUT2D eigenvalue weighted by atomic mass is 10.2. The summed E-state index contributed by atoms with van der Waals surface area (Å²) in [5.74, 6) is 0.152. The summed E-state index contributed by atoms with van der Waals surface area (Å²) in [4.78, 5) is 16.6. The normalized spacial score (nSPS) is 16.1.